The Hall–Kier alpha value is -2.50. The van der Waals surface area contributed by atoms with Crippen LogP contribution in [0.25, 0.3) is 6.08 Å². The third-order valence-corrected chi connectivity index (χ3v) is 5.83. The molecule has 1 N–H and O–H groups in total. The number of carbonyl (C=O) groups excluding carboxylic acids is 2. The molecule has 1 saturated heterocycles. The molecule has 7 heteroatoms. The number of aryl methyl sites for hydroxylation is 1. The van der Waals surface area contributed by atoms with Crippen LogP contribution in [0.15, 0.2) is 42.5 Å². The van der Waals surface area contributed by atoms with Gasteiger partial charge in [0.2, 0.25) is 11.8 Å². The lowest BCUT2D eigenvalue weighted by atomic mass is 10.0. The van der Waals surface area contributed by atoms with Crippen molar-refractivity contribution in [2.45, 2.75) is 12.8 Å². The smallest absolute Gasteiger partial charge is 0.246 e. The molecule has 0 aliphatic carbocycles. The quantitative estimate of drug-likeness (QED) is 0.713. The van der Waals surface area contributed by atoms with E-state index in [1.54, 1.807) is 29.2 Å². The van der Waals surface area contributed by atoms with E-state index >= 15 is 0 Å². The first-order valence-electron chi connectivity index (χ1n) is 9.45. The van der Waals surface area contributed by atoms with Gasteiger partial charge < -0.3 is 15.0 Å². The molecule has 0 atom stereocenters. The van der Waals surface area contributed by atoms with Crippen LogP contribution in [0.1, 0.15) is 17.5 Å². The standard InChI is InChI=1S/C22H20Cl2N2O3/c23-18-5-1-14(9-19(18)24)2-8-22(28)26-11-15(12-26)13-29-17-4-6-20-16(10-17)3-7-21(27)25-20/h1-2,4-6,8-10,15H,3,7,11-13H2,(H,25,27)/b8-2+. The van der Waals surface area contributed by atoms with E-state index in [0.717, 1.165) is 29.0 Å². The first-order chi connectivity index (χ1) is 14.0. The number of nitrogens with one attached hydrogen (secondary N) is 1. The highest BCUT2D eigenvalue weighted by molar-refractivity contribution is 6.42. The van der Waals surface area contributed by atoms with Crippen molar-refractivity contribution in [2.24, 2.45) is 5.92 Å². The molecule has 29 heavy (non-hydrogen) atoms. The van der Waals surface area contributed by atoms with Gasteiger partial charge in [0, 0.05) is 37.2 Å². The maximum absolute atomic E-state index is 12.3. The highest BCUT2D eigenvalue weighted by Gasteiger charge is 2.30. The zero-order valence-electron chi connectivity index (χ0n) is 15.7. The molecule has 0 spiro atoms. The molecule has 150 valence electrons. The van der Waals surface area contributed by atoms with Crippen molar-refractivity contribution in [2.75, 3.05) is 25.0 Å². The Balaban J connectivity index is 1.24. The first kappa shape index (κ1) is 19.8. The number of anilines is 1. The normalized spacial score (nSPS) is 16.3. The van der Waals surface area contributed by atoms with Gasteiger partial charge in [-0.3, -0.25) is 9.59 Å². The lowest BCUT2D eigenvalue weighted by Crippen LogP contribution is -2.51. The Morgan fingerprint density at radius 2 is 1.97 bits per heavy atom. The van der Waals surface area contributed by atoms with Crippen LogP contribution in [-0.4, -0.2) is 36.4 Å². The minimum atomic E-state index is -0.0307. The van der Waals surface area contributed by atoms with Gasteiger partial charge in [0.15, 0.2) is 0 Å². The van der Waals surface area contributed by atoms with Gasteiger partial charge in [-0.15, -0.1) is 0 Å². The monoisotopic (exact) mass is 430 g/mol. The van der Waals surface area contributed by atoms with Gasteiger partial charge >= 0.3 is 0 Å². The van der Waals surface area contributed by atoms with Crippen LogP contribution in [0.3, 0.4) is 0 Å². The molecule has 2 aliphatic rings. The molecule has 0 aromatic heterocycles. The number of fused-ring (bicyclic) bond motifs is 1. The van der Waals surface area contributed by atoms with Crippen molar-refractivity contribution in [3.05, 3.63) is 63.6 Å². The molecule has 0 saturated carbocycles. The maximum atomic E-state index is 12.3. The molecule has 2 amide bonds. The lowest BCUT2D eigenvalue weighted by molar-refractivity contribution is -0.132. The number of halogens is 2. The Morgan fingerprint density at radius 1 is 1.14 bits per heavy atom. The number of ether oxygens (including phenoxy) is 1. The van der Waals surface area contributed by atoms with Gasteiger partial charge in [-0.1, -0.05) is 29.3 Å². The lowest BCUT2D eigenvalue weighted by Gasteiger charge is -2.38. The summed E-state index contributed by atoms with van der Waals surface area (Å²) in [5, 5.41) is 3.82. The molecule has 1 fully saturated rings. The fourth-order valence-corrected chi connectivity index (χ4v) is 3.71. The molecular weight excluding hydrogens is 411 g/mol. The SMILES string of the molecule is O=C1CCc2cc(OCC3CN(C(=O)/C=C/c4ccc(Cl)c(Cl)c4)C3)ccc2N1. The van der Waals surface area contributed by atoms with Crippen LogP contribution in [0.2, 0.25) is 10.0 Å². The van der Waals surface area contributed by atoms with Crippen LogP contribution < -0.4 is 10.1 Å². The minimum absolute atomic E-state index is 0.0307. The molecule has 0 bridgehead atoms. The highest BCUT2D eigenvalue weighted by atomic mass is 35.5. The van der Waals surface area contributed by atoms with Gasteiger partial charge in [-0.05, 0) is 54.0 Å². The largest absolute Gasteiger partial charge is 0.493 e. The second kappa shape index (κ2) is 8.47. The van der Waals surface area contributed by atoms with Gasteiger partial charge in [0.05, 0.1) is 16.7 Å². The topological polar surface area (TPSA) is 58.6 Å². The van der Waals surface area contributed by atoms with Gasteiger partial charge in [0.25, 0.3) is 0 Å². The van der Waals surface area contributed by atoms with Crippen molar-refractivity contribution in [3.8, 4) is 5.75 Å². The second-order valence-corrected chi connectivity index (χ2v) is 8.11. The third-order valence-electron chi connectivity index (χ3n) is 5.09. The minimum Gasteiger partial charge on any atom is -0.493 e. The van der Waals surface area contributed by atoms with Gasteiger partial charge in [-0.25, -0.2) is 0 Å². The van der Waals surface area contributed by atoms with E-state index in [1.165, 1.54) is 0 Å². The van der Waals surface area contributed by atoms with E-state index in [-0.39, 0.29) is 11.8 Å². The van der Waals surface area contributed by atoms with E-state index in [4.69, 9.17) is 27.9 Å². The Labute approximate surface area is 179 Å². The molecule has 4 rings (SSSR count). The molecule has 5 nitrogen and oxygen atoms in total. The summed E-state index contributed by atoms with van der Waals surface area (Å²) in [6, 6.07) is 11.0. The molecule has 0 radical (unpaired) electrons. The van der Waals surface area contributed by atoms with Crippen molar-refractivity contribution in [3.63, 3.8) is 0 Å². The number of rotatable bonds is 5. The van der Waals surface area contributed by atoms with Gasteiger partial charge in [-0.2, -0.15) is 0 Å². The van der Waals surface area contributed by atoms with Crippen LogP contribution >= 0.6 is 23.2 Å². The second-order valence-electron chi connectivity index (χ2n) is 7.29. The Bertz CT molecular complexity index is 984. The summed E-state index contributed by atoms with van der Waals surface area (Å²) in [5.41, 5.74) is 2.79. The van der Waals surface area contributed by atoms with Crippen LogP contribution in [0, 0.1) is 5.92 Å². The van der Waals surface area contributed by atoms with Crippen LogP contribution in [0.4, 0.5) is 5.69 Å². The molecule has 2 aromatic rings. The van der Waals surface area contributed by atoms with E-state index in [1.807, 2.05) is 24.3 Å². The van der Waals surface area contributed by atoms with E-state index in [2.05, 4.69) is 5.32 Å². The Kier molecular flexibility index (Phi) is 5.79. The number of benzene rings is 2. The third kappa shape index (κ3) is 4.74. The summed E-state index contributed by atoms with van der Waals surface area (Å²) in [7, 11) is 0. The zero-order chi connectivity index (χ0) is 20.4. The average Bonchev–Trinajstić information content (AvgIpc) is 2.67. The van der Waals surface area contributed by atoms with Crippen molar-refractivity contribution in [1.29, 1.82) is 0 Å². The maximum Gasteiger partial charge on any atom is 0.246 e. The number of carbonyl (C=O) groups is 2. The number of likely N-dealkylation sites (tertiary alicyclic amines) is 1. The molecule has 2 aromatic carbocycles. The number of hydrogen-bond acceptors (Lipinski definition) is 3. The van der Waals surface area contributed by atoms with Crippen molar-refractivity contribution >= 4 is 46.8 Å². The predicted molar refractivity (Wildman–Crippen MR) is 114 cm³/mol. The summed E-state index contributed by atoms with van der Waals surface area (Å²) >= 11 is 11.9. The predicted octanol–water partition coefficient (Wildman–Crippen LogP) is 4.43. The summed E-state index contributed by atoms with van der Waals surface area (Å²) in [4.78, 5) is 25.5. The molecule has 2 heterocycles. The van der Waals surface area contributed by atoms with E-state index < -0.39 is 0 Å². The fraction of sp³-hybridized carbons (Fsp3) is 0.273. The number of nitrogens with zero attached hydrogens (tertiary/aromatic N) is 1. The van der Waals surface area contributed by atoms with Crippen LogP contribution in [0.5, 0.6) is 5.75 Å². The molecule has 0 unspecified atom stereocenters. The summed E-state index contributed by atoms with van der Waals surface area (Å²) in [5.74, 6) is 1.13. The highest BCUT2D eigenvalue weighted by Crippen LogP contribution is 2.28. The average molecular weight is 431 g/mol. The van der Waals surface area contributed by atoms with E-state index in [9.17, 15) is 9.59 Å². The summed E-state index contributed by atoms with van der Waals surface area (Å²) in [6.07, 6.45) is 4.52. The zero-order valence-corrected chi connectivity index (χ0v) is 17.2. The molecular formula is C22H20Cl2N2O3. The summed E-state index contributed by atoms with van der Waals surface area (Å²) in [6.45, 7) is 1.91. The van der Waals surface area contributed by atoms with Crippen molar-refractivity contribution < 1.29 is 14.3 Å². The van der Waals surface area contributed by atoms with Crippen LogP contribution in [-0.2, 0) is 16.0 Å². The Morgan fingerprint density at radius 3 is 2.76 bits per heavy atom. The number of hydrogen-bond donors (Lipinski definition) is 1. The van der Waals surface area contributed by atoms with E-state index in [0.29, 0.717) is 42.1 Å². The van der Waals surface area contributed by atoms with Gasteiger partial charge in [0.1, 0.15) is 5.75 Å². The number of amides is 2. The summed E-state index contributed by atoms with van der Waals surface area (Å²) < 4.78 is 5.89. The first-order valence-corrected chi connectivity index (χ1v) is 10.2. The fourth-order valence-electron chi connectivity index (χ4n) is 3.41. The molecule has 2 aliphatic heterocycles. The van der Waals surface area contributed by atoms with Crippen molar-refractivity contribution in [1.82, 2.24) is 4.90 Å².